The Bertz CT molecular complexity index is 582. The molecule has 2 aromatic rings. The molecule has 1 heterocycles. The maximum atomic E-state index is 12.3. The Balaban J connectivity index is 1.96. The fraction of sp³-hybridized carbons (Fsp3) is 0.154. The Labute approximate surface area is 112 Å². The fourth-order valence-corrected chi connectivity index (χ4v) is 1.47. The minimum absolute atomic E-state index is 0.0128. The number of nitrogens with one attached hydrogen (secondary N) is 1. The van der Waals surface area contributed by atoms with Gasteiger partial charge in [0.1, 0.15) is 0 Å². The summed E-state index contributed by atoms with van der Waals surface area (Å²) < 4.78 is 36.8. The number of nitrogens with zero attached hydrogens (tertiary/aromatic N) is 2. The summed E-state index contributed by atoms with van der Waals surface area (Å²) >= 11 is 0. The van der Waals surface area contributed by atoms with Crippen LogP contribution in [0.3, 0.4) is 0 Å². The van der Waals surface area contributed by atoms with E-state index < -0.39 is 11.9 Å². The lowest BCUT2D eigenvalue weighted by molar-refractivity contribution is -0.141. The molecular formula is C13H10F3N3O. The van der Waals surface area contributed by atoms with Crippen LogP contribution in [0.15, 0.2) is 42.5 Å². The van der Waals surface area contributed by atoms with Crippen LogP contribution in [-0.4, -0.2) is 16.1 Å². The van der Waals surface area contributed by atoms with Crippen LogP contribution < -0.4 is 5.32 Å². The molecule has 0 radical (unpaired) electrons. The van der Waals surface area contributed by atoms with E-state index >= 15 is 0 Å². The second-order valence-electron chi connectivity index (χ2n) is 3.96. The summed E-state index contributed by atoms with van der Waals surface area (Å²) in [5.41, 5.74) is -0.342. The second-order valence-corrected chi connectivity index (χ2v) is 3.96. The van der Waals surface area contributed by atoms with Crippen molar-refractivity contribution >= 4 is 5.91 Å². The highest BCUT2D eigenvalue weighted by molar-refractivity contribution is 5.93. The molecule has 4 nitrogen and oxygen atoms in total. The third-order valence-corrected chi connectivity index (χ3v) is 2.48. The zero-order valence-corrected chi connectivity index (χ0v) is 10.2. The van der Waals surface area contributed by atoms with Gasteiger partial charge in [-0.2, -0.15) is 18.3 Å². The first kappa shape index (κ1) is 14.0. The summed E-state index contributed by atoms with van der Waals surface area (Å²) in [7, 11) is 0. The normalized spacial score (nSPS) is 11.2. The summed E-state index contributed by atoms with van der Waals surface area (Å²) in [6.07, 6.45) is -4.52. The van der Waals surface area contributed by atoms with Crippen LogP contribution in [0.5, 0.6) is 0 Å². The molecule has 0 unspecified atom stereocenters. The zero-order valence-electron chi connectivity index (χ0n) is 10.2. The highest BCUT2D eigenvalue weighted by Crippen LogP contribution is 2.26. The van der Waals surface area contributed by atoms with Gasteiger partial charge in [-0.1, -0.05) is 18.2 Å². The maximum Gasteiger partial charge on any atom is 0.435 e. The molecule has 1 aromatic carbocycles. The van der Waals surface area contributed by atoms with Crippen LogP contribution in [0.2, 0.25) is 0 Å². The summed E-state index contributed by atoms with van der Waals surface area (Å²) in [5, 5.41) is 9.05. The van der Waals surface area contributed by atoms with Crippen molar-refractivity contribution in [1.29, 1.82) is 0 Å². The molecule has 0 spiro atoms. The fourth-order valence-electron chi connectivity index (χ4n) is 1.47. The number of alkyl halides is 3. The number of carbonyl (C=O) groups excluding carboxylic acids is 1. The highest BCUT2D eigenvalue weighted by Gasteiger charge is 2.32. The Kier molecular flexibility index (Phi) is 3.97. The van der Waals surface area contributed by atoms with Crippen molar-refractivity contribution in [3.63, 3.8) is 0 Å². The lowest BCUT2D eigenvalue weighted by atomic mass is 10.2. The van der Waals surface area contributed by atoms with Crippen molar-refractivity contribution in [1.82, 2.24) is 15.5 Å². The molecule has 1 aromatic heterocycles. The minimum Gasteiger partial charge on any atom is -0.346 e. The molecular weight excluding hydrogens is 271 g/mol. The molecule has 0 saturated heterocycles. The van der Waals surface area contributed by atoms with E-state index in [4.69, 9.17) is 0 Å². The predicted octanol–water partition coefficient (Wildman–Crippen LogP) is 2.43. The van der Waals surface area contributed by atoms with Gasteiger partial charge in [-0.25, -0.2) is 0 Å². The molecule has 0 saturated carbocycles. The SMILES string of the molecule is O=C(NCc1ccc(C(F)(F)F)nn1)c1ccccc1. The lowest BCUT2D eigenvalue weighted by Crippen LogP contribution is -2.23. The molecule has 0 bridgehead atoms. The van der Waals surface area contributed by atoms with E-state index in [2.05, 4.69) is 15.5 Å². The van der Waals surface area contributed by atoms with Crippen molar-refractivity contribution in [2.24, 2.45) is 0 Å². The largest absolute Gasteiger partial charge is 0.435 e. The summed E-state index contributed by atoms with van der Waals surface area (Å²) in [5.74, 6) is -0.327. The molecule has 1 amide bonds. The van der Waals surface area contributed by atoms with E-state index in [1.165, 1.54) is 6.07 Å². The molecule has 1 N–H and O–H groups in total. The summed E-state index contributed by atoms with van der Waals surface area (Å²) in [6, 6.07) is 10.5. The van der Waals surface area contributed by atoms with E-state index in [1.807, 2.05) is 0 Å². The van der Waals surface area contributed by atoms with Gasteiger partial charge in [-0.3, -0.25) is 4.79 Å². The first-order valence-corrected chi connectivity index (χ1v) is 5.70. The average Bonchev–Trinajstić information content (AvgIpc) is 2.45. The molecule has 104 valence electrons. The van der Waals surface area contributed by atoms with Crippen LogP contribution in [0.1, 0.15) is 21.7 Å². The number of carbonyl (C=O) groups is 1. The van der Waals surface area contributed by atoms with E-state index in [0.717, 1.165) is 6.07 Å². The van der Waals surface area contributed by atoms with E-state index in [-0.39, 0.29) is 18.1 Å². The number of hydrogen-bond donors (Lipinski definition) is 1. The molecule has 0 aliphatic carbocycles. The lowest BCUT2D eigenvalue weighted by Gasteiger charge is -2.06. The van der Waals surface area contributed by atoms with Crippen LogP contribution in [0.25, 0.3) is 0 Å². The van der Waals surface area contributed by atoms with Crippen LogP contribution in [0.4, 0.5) is 13.2 Å². The predicted molar refractivity (Wildman–Crippen MR) is 64.6 cm³/mol. The number of benzene rings is 1. The maximum absolute atomic E-state index is 12.3. The zero-order chi connectivity index (χ0) is 14.6. The van der Waals surface area contributed by atoms with Gasteiger partial charge >= 0.3 is 6.18 Å². The molecule has 20 heavy (non-hydrogen) atoms. The van der Waals surface area contributed by atoms with Gasteiger partial charge in [0.05, 0.1) is 12.2 Å². The van der Waals surface area contributed by atoms with Crippen molar-refractivity contribution in [3.05, 3.63) is 59.4 Å². The van der Waals surface area contributed by atoms with Crippen molar-refractivity contribution in [3.8, 4) is 0 Å². The topological polar surface area (TPSA) is 54.9 Å². The van der Waals surface area contributed by atoms with Gasteiger partial charge < -0.3 is 5.32 Å². The number of amides is 1. The van der Waals surface area contributed by atoms with Gasteiger partial charge in [0.2, 0.25) is 0 Å². The molecule has 0 atom stereocenters. The minimum atomic E-state index is -4.52. The monoisotopic (exact) mass is 281 g/mol. The number of halogens is 3. The average molecular weight is 281 g/mol. The Hall–Kier alpha value is -2.44. The first-order chi connectivity index (χ1) is 9.47. The first-order valence-electron chi connectivity index (χ1n) is 5.70. The quantitative estimate of drug-likeness (QED) is 0.940. The molecule has 2 rings (SSSR count). The van der Waals surface area contributed by atoms with Gasteiger partial charge in [0.25, 0.3) is 5.91 Å². The van der Waals surface area contributed by atoms with Crippen LogP contribution in [0, 0.1) is 0 Å². The Morgan fingerprint density at radius 2 is 1.75 bits per heavy atom. The van der Waals surface area contributed by atoms with Crippen molar-refractivity contribution in [2.75, 3.05) is 0 Å². The third-order valence-electron chi connectivity index (χ3n) is 2.48. The summed E-state index contributed by atoms with van der Waals surface area (Å²) in [4.78, 5) is 11.7. The third kappa shape index (κ3) is 3.53. The smallest absolute Gasteiger partial charge is 0.346 e. The second kappa shape index (κ2) is 5.68. The Morgan fingerprint density at radius 3 is 2.30 bits per heavy atom. The van der Waals surface area contributed by atoms with Crippen molar-refractivity contribution in [2.45, 2.75) is 12.7 Å². The van der Waals surface area contributed by atoms with Crippen molar-refractivity contribution < 1.29 is 18.0 Å². The van der Waals surface area contributed by atoms with Crippen LogP contribution in [-0.2, 0) is 12.7 Å². The van der Waals surface area contributed by atoms with Gasteiger partial charge in [-0.15, -0.1) is 5.10 Å². The standard InChI is InChI=1S/C13H10F3N3O/c14-13(15,16)11-7-6-10(18-19-11)8-17-12(20)9-4-2-1-3-5-9/h1-7H,8H2,(H,17,20). The Morgan fingerprint density at radius 1 is 1.05 bits per heavy atom. The van der Waals surface area contributed by atoms with Gasteiger partial charge in [-0.05, 0) is 24.3 Å². The van der Waals surface area contributed by atoms with Gasteiger partial charge in [0, 0.05) is 5.56 Å². The molecule has 0 aliphatic rings. The molecule has 7 heteroatoms. The number of aromatic nitrogens is 2. The highest BCUT2D eigenvalue weighted by atomic mass is 19.4. The van der Waals surface area contributed by atoms with E-state index in [1.54, 1.807) is 30.3 Å². The summed E-state index contributed by atoms with van der Waals surface area (Å²) in [6.45, 7) is 0.0128. The van der Waals surface area contributed by atoms with E-state index in [9.17, 15) is 18.0 Å². The molecule has 0 aliphatic heterocycles. The van der Waals surface area contributed by atoms with E-state index in [0.29, 0.717) is 5.56 Å². The molecule has 0 fully saturated rings. The van der Waals surface area contributed by atoms with Gasteiger partial charge in [0.15, 0.2) is 5.69 Å². The number of hydrogen-bond acceptors (Lipinski definition) is 3. The number of rotatable bonds is 3. The van der Waals surface area contributed by atoms with Crippen LogP contribution >= 0.6 is 0 Å².